The second-order valence-corrected chi connectivity index (χ2v) is 2.57. The number of rotatable bonds is 1. The number of hydrogen-bond acceptors (Lipinski definition) is 2. The van der Waals surface area contributed by atoms with Crippen LogP contribution in [0.5, 0.6) is 0 Å². The summed E-state index contributed by atoms with van der Waals surface area (Å²) in [5.74, 6) is 0. The van der Waals surface area contributed by atoms with Crippen LogP contribution in [0.25, 0.3) is 0 Å². The van der Waals surface area contributed by atoms with E-state index in [9.17, 15) is 4.79 Å². The van der Waals surface area contributed by atoms with Gasteiger partial charge < -0.3 is 10.6 Å². The van der Waals surface area contributed by atoms with Gasteiger partial charge in [0.2, 0.25) is 0 Å². The average Bonchev–Trinajstić information content (AvgIpc) is 1.86. The fraction of sp³-hybridized carbons (Fsp3) is 0.667. The van der Waals surface area contributed by atoms with E-state index in [0.717, 1.165) is 0 Å². The number of nitrogens with zero attached hydrogens (tertiary/aromatic N) is 2. The second-order valence-electron chi connectivity index (χ2n) is 2.57. The molecule has 0 aromatic carbocycles. The summed E-state index contributed by atoms with van der Waals surface area (Å²) in [7, 11) is 1.49. The summed E-state index contributed by atoms with van der Waals surface area (Å²) in [5.41, 5.74) is 4.12. The minimum atomic E-state index is -0.814. The van der Waals surface area contributed by atoms with Crippen molar-refractivity contribution in [3.05, 3.63) is 0 Å². The van der Waals surface area contributed by atoms with Crippen molar-refractivity contribution < 1.29 is 4.79 Å². The van der Waals surface area contributed by atoms with E-state index in [1.165, 1.54) is 11.9 Å². The third-order valence-corrected chi connectivity index (χ3v) is 1.44. The lowest BCUT2D eigenvalue weighted by atomic mass is 10.1. The Bertz CT molecular complexity index is 180. The smallest absolute Gasteiger partial charge is 0.315 e. The molecular weight excluding hydrogens is 130 g/mol. The summed E-state index contributed by atoms with van der Waals surface area (Å²) in [6, 6.07) is 1.36. The van der Waals surface area contributed by atoms with Gasteiger partial charge in [-0.3, -0.25) is 0 Å². The van der Waals surface area contributed by atoms with Gasteiger partial charge in [-0.2, -0.15) is 5.26 Å². The highest BCUT2D eigenvalue weighted by Gasteiger charge is 2.25. The van der Waals surface area contributed by atoms with Crippen LogP contribution in [0, 0.1) is 11.3 Å². The highest BCUT2D eigenvalue weighted by molar-refractivity contribution is 5.73. The van der Waals surface area contributed by atoms with Crippen molar-refractivity contribution in [3.8, 4) is 6.07 Å². The molecule has 0 unspecified atom stereocenters. The van der Waals surface area contributed by atoms with E-state index in [4.69, 9.17) is 11.0 Å². The first kappa shape index (κ1) is 8.76. The van der Waals surface area contributed by atoms with Crippen molar-refractivity contribution in [2.24, 2.45) is 5.73 Å². The summed E-state index contributed by atoms with van der Waals surface area (Å²) in [5, 5.41) is 8.51. The molecule has 0 saturated carbocycles. The van der Waals surface area contributed by atoms with Crippen LogP contribution in [0.3, 0.4) is 0 Å². The molecule has 0 aliphatic heterocycles. The molecule has 0 aromatic rings. The van der Waals surface area contributed by atoms with E-state index in [-0.39, 0.29) is 0 Å². The molecule has 0 saturated heterocycles. The fourth-order valence-electron chi connectivity index (χ4n) is 0.350. The van der Waals surface area contributed by atoms with Gasteiger partial charge in [-0.25, -0.2) is 4.79 Å². The van der Waals surface area contributed by atoms with Crippen molar-refractivity contribution in [2.45, 2.75) is 19.4 Å². The summed E-state index contributed by atoms with van der Waals surface area (Å²) in [6.07, 6.45) is 0. The number of nitrogens with two attached hydrogens (primary N) is 1. The lowest BCUT2D eigenvalue weighted by molar-refractivity contribution is 0.189. The van der Waals surface area contributed by atoms with E-state index in [1.54, 1.807) is 13.8 Å². The van der Waals surface area contributed by atoms with Crippen LogP contribution in [0.2, 0.25) is 0 Å². The Labute approximate surface area is 60.2 Å². The second kappa shape index (κ2) is 2.56. The van der Waals surface area contributed by atoms with E-state index < -0.39 is 11.6 Å². The number of primary amides is 1. The first-order chi connectivity index (χ1) is 4.41. The quantitative estimate of drug-likeness (QED) is 0.570. The van der Waals surface area contributed by atoms with Gasteiger partial charge >= 0.3 is 6.03 Å². The summed E-state index contributed by atoms with van der Waals surface area (Å²) in [6.45, 7) is 3.25. The van der Waals surface area contributed by atoms with Gasteiger partial charge in [-0.15, -0.1) is 0 Å². The van der Waals surface area contributed by atoms with Crippen LogP contribution in [-0.4, -0.2) is 23.5 Å². The zero-order valence-electron chi connectivity index (χ0n) is 6.38. The molecule has 0 aliphatic rings. The zero-order valence-corrected chi connectivity index (χ0v) is 6.38. The molecule has 0 fully saturated rings. The van der Waals surface area contributed by atoms with Gasteiger partial charge in [0.05, 0.1) is 6.07 Å². The van der Waals surface area contributed by atoms with Gasteiger partial charge in [0.1, 0.15) is 5.54 Å². The monoisotopic (exact) mass is 141 g/mol. The predicted molar refractivity (Wildman–Crippen MR) is 37.0 cm³/mol. The molecule has 2 amide bonds. The maximum Gasteiger partial charge on any atom is 0.315 e. The standard InChI is InChI=1S/C6H11N3O/c1-6(2,4-7)9(3)5(8)10/h1-3H3,(H2,8,10). The SMILES string of the molecule is CN(C(N)=O)C(C)(C)C#N. The minimum Gasteiger partial charge on any atom is -0.351 e. The number of carbonyl (C=O) groups excluding carboxylic acids is 1. The molecule has 0 rings (SSSR count). The lowest BCUT2D eigenvalue weighted by Crippen LogP contribution is -2.46. The molecule has 2 N–H and O–H groups in total. The van der Waals surface area contributed by atoms with Gasteiger partial charge in [0.25, 0.3) is 0 Å². The molecule has 0 spiro atoms. The van der Waals surface area contributed by atoms with Crippen LogP contribution < -0.4 is 5.73 Å². The number of carbonyl (C=O) groups is 1. The minimum absolute atomic E-state index is 0.591. The van der Waals surface area contributed by atoms with Crippen molar-refractivity contribution in [1.29, 1.82) is 5.26 Å². The molecule has 4 heteroatoms. The summed E-state index contributed by atoms with van der Waals surface area (Å²) >= 11 is 0. The molecule has 0 atom stereocenters. The first-order valence-electron chi connectivity index (χ1n) is 2.86. The summed E-state index contributed by atoms with van der Waals surface area (Å²) < 4.78 is 0. The molecule has 10 heavy (non-hydrogen) atoms. The summed E-state index contributed by atoms with van der Waals surface area (Å²) in [4.78, 5) is 11.7. The molecule has 0 heterocycles. The fourth-order valence-corrected chi connectivity index (χ4v) is 0.350. The number of urea groups is 1. The van der Waals surface area contributed by atoms with E-state index in [0.29, 0.717) is 0 Å². The van der Waals surface area contributed by atoms with E-state index in [2.05, 4.69) is 0 Å². The van der Waals surface area contributed by atoms with Crippen molar-refractivity contribution in [1.82, 2.24) is 4.90 Å². The van der Waals surface area contributed by atoms with Gasteiger partial charge in [-0.1, -0.05) is 0 Å². The third kappa shape index (κ3) is 1.62. The normalized spacial score (nSPS) is 10.2. The van der Waals surface area contributed by atoms with Crippen LogP contribution in [-0.2, 0) is 0 Å². The average molecular weight is 141 g/mol. The van der Waals surface area contributed by atoms with Crippen molar-refractivity contribution >= 4 is 6.03 Å². The molecule has 0 aromatic heterocycles. The Morgan fingerprint density at radius 2 is 2.10 bits per heavy atom. The van der Waals surface area contributed by atoms with E-state index >= 15 is 0 Å². The maximum absolute atomic E-state index is 10.5. The Hall–Kier alpha value is -1.24. The van der Waals surface area contributed by atoms with Crippen molar-refractivity contribution in [3.63, 3.8) is 0 Å². The Balaban J connectivity index is 4.37. The Kier molecular flexibility index (Phi) is 2.25. The molecule has 0 aliphatic carbocycles. The highest BCUT2D eigenvalue weighted by atomic mass is 16.2. The number of amides is 2. The number of nitriles is 1. The zero-order chi connectivity index (χ0) is 8.36. The molecule has 56 valence electrons. The molecule has 0 radical (unpaired) electrons. The molecule has 4 nitrogen and oxygen atoms in total. The predicted octanol–water partition coefficient (Wildman–Crippen LogP) is 0.299. The Morgan fingerprint density at radius 1 is 1.70 bits per heavy atom. The maximum atomic E-state index is 10.5. The van der Waals surface area contributed by atoms with Gasteiger partial charge in [0, 0.05) is 7.05 Å². The highest BCUT2D eigenvalue weighted by Crippen LogP contribution is 2.08. The third-order valence-electron chi connectivity index (χ3n) is 1.44. The topological polar surface area (TPSA) is 70.1 Å². The van der Waals surface area contributed by atoms with E-state index in [1.807, 2.05) is 6.07 Å². The lowest BCUT2D eigenvalue weighted by Gasteiger charge is -2.26. The number of hydrogen-bond donors (Lipinski definition) is 1. The molecule has 0 bridgehead atoms. The largest absolute Gasteiger partial charge is 0.351 e. The van der Waals surface area contributed by atoms with Gasteiger partial charge in [0.15, 0.2) is 0 Å². The Morgan fingerprint density at radius 3 is 2.20 bits per heavy atom. The van der Waals surface area contributed by atoms with Crippen LogP contribution in [0.4, 0.5) is 4.79 Å². The van der Waals surface area contributed by atoms with Crippen LogP contribution >= 0.6 is 0 Å². The van der Waals surface area contributed by atoms with Crippen molar-refractivity contribution in [2.75, 3.05) is 7.05 Å². The van der Waals surface area contributed by atoms with Crippen LogP contribution in [0.15, 0.2) is 0 Å². The van der Waals surface area contributed by atoms with Gasteiger partial charge in [-0.05, 0) is 13.8 Å². The molecular formula is C6H11N3O. The first-order valence-corrected chi connectivity index (χ1v) is 2.86. The van der Waals surface area contributed by atoms with Crippen LogP contribution in [0.1, 0.15) is 13.8 Å².